The van der Waals surface area contributed by atoms with Gasteiger partial charge in [-0.25, -0.2) is 9.78 Å². The number of fused-ring (bicyclic) bond motifs is 1. The lowest BCUT2D eigenvalue weighted by atomic mass is 9.95. The van der Waals surface area contributed by atoms with E-state index >= 15 is 0 Å². The SMILES string of the molecule is Cc1ccc(-c2cc(C(OC(=O)OC(C)(C)C)c3ccc(Cl)cc3)c3cc(Cl)ccc3n2)cc1. The number of pyridine rings is 1. The molecule has 0 amide bonds. The van der Waals surface area contributed by atoms with Crippen molar-refractivity contribution in [3.63, 3.8) is 0 Å². The molecular formula is C28H25Cl2NO3. The van der Waals surface area contributed by atoms with Crippen LogP contribution in [-0.2, 0) is 9.47 Å². The van der Waals surface area contributed by atoms with Crippen molar-refractivity contribution in [2.75, 3.05) is 0 Å². The van der Waals surface area contributed by atoms with Gasteiger partial charge in [0.25, 0.3) is 0 Å². The molecule has 3 aromatic carbocycles. The largest absolute Gasteiger partial charge is 0.509 e. The minimum atomic E-state index is -0.767. The van der Waals surface area contributed by atoms with Gasteiger partial charge in [0.05, 0.1) is 11.2 Å². The average Bonchev–Trinajstić information content (AvgIpc) is 2.77. The zero-order valence-electron chi connectivity index (χ0n) is 19.4. The van der Waals surface area contributed by atoms with Gasteiger partial charge in [0, 0.05) is 26.6 Å². The maximum absolute atomic E-state index is 12.8. The van der Waals surface area contributed by atoms with E-state index in [2.05, 4.69) is 0 Å². The lowest BCUT2D eigenvalue weighted by Gasteiger charge is -2.24. The maximum atomic E-state index is 12.8. The van der Waals surface area contributed by atoms with E-state index in [4.69, 9.17) is 37.7 Å². The molecule has 0 aliphatic rings. The molecule has 174 valence electrons. The van der Waals surface area contributed by atoms with Crippen molar-refractivity contribution >= 4 is 40.3 Å². The Kier molecular flexibility index (Phi) is 6.83. The van der Waals surface area contributed by atoms with Gasteiger partial charge in [-0.1, -0.05) is 65.2 Å². The van der Waals surface area contributed by atoms with Crippen molar-refractivity contribution < 1.29 is 14.3 Å². The molecule has 0 saturated heterocycles. The predicted molar refractivity (Wildman–Crippen MR) is 138 cm³/mol. The number of rotatable bonds is 4. The van der Waals surface area contributed by atoms with Crippen molar-refractivity contribution in [2.45, 2.75) is 39.4 Å². The Labute approximate surface area is 209 Å². The van der Waals surface area contributed by atoms with Crippen LogP contribution in [0.3, 0.4) is 0 Å². The highest BCUT2D eigenvalue weighted by Crippen LogP contribution is 2.36. The number of carbonyl (C=O) groups is 1. The van der Waals surface area contributed by atoms with Crippen LogP contribution in [0.25, 0.3) is 22.2 Å². The second-order valence-corrected chi connectivity index (χ2v) is 10.0. The fourth-order valence-corrected chi connectivity index (χ4v) is 3.93. The van der Waals surface area contributed by atoms with Crippen LogP contribution in [0, 0.1) is 6.92 Å². The first kappa shape index (κ1) is 24.1. The highest BCUT2D eigenvalue weighted by atomic mass is 35.5. The van der Waals surface area contributed by atoms with Crippen molar-refractivity contribution in [1.29, 1.82) is 0 Å². The first-order valence-electron chi connectivity index (χ1n) is 10.9. The first-order valence-corrected chi connectivity index (χ1v) is 11.7. The topological polar surface area (TPSA) is 48.4 Å². The summed E-state index contributed by atoms with van der Waals surface area (Å²) in [6.45, 7) is 7.42. The highest BCUT2D eigenvalue weighted by molar-refractivity contribution is 6.31. The van der Waals surface area contributed by atoms with E-state index in [0.29, 0.717) is 10.0 Å². The Morgan fingerprint density at radius 1 is 0.882 bits per heavy atom. The second kappa shape index (κ2) is 9.65. The minimum Gasteiger partial charge on any atom is -0.429 e. The highest BCUT2D eigenvalue weighted by Gasteiger charge is 2.26. The van der Waals surface area contributed by atoms with E-state index in [0.717, 1.165) is 38.9 Å². The summed E-state index contributed by atoms with van der Waals surface area (Å²) in [7, 11) is 0. The summed E-state index contributed by atoms with van der Waals surface area (Å²) in [4.78, 5) is 17.6. The summed E-state index contributed by atoms with van der Waals surface area (Å²) in [5.41, 5.74) is 4.41. The van der Waals surface area contributed by atoms with Crippen LogP contribution in [0.1, 0.15) is 43.6 Å². The van der Waals surface area contributed by atoms with Crippen LogP contribution in [0.5, 0.6) is 0 Å². The quantitative estimate of drug-likeness (QED) is 0.267. The van der Waals surface area contributed by atoms with E-state index < -0.39 is 17.9 Å². The van der Waals surface area contributed by atoms with Crippen molar-refractivity contribution in [1.82, 2.24) is 4.98 Å². The molecule has 1 unspecified atom stereocenters. The van der Waals surface area contributed by atoms with Crippen molar-refractivity contribution in [2.24, 2.45) is 0 Å². The standard InChI is InChI=1S/C28H25Cl2NO3/c1-17-5-7-18(8-6-17)25-16-23(22-15-21(30)13-14-24(22)31-25)26(19-9-11-20(29)12-10-19)33-27(32)34-28(2,3)4/h5-16,26H,1-4H3. The minimum absolute atomic E-state index is 0.561. The number of ether oxygens (including phenoxy) is 2. The Morgan fingerprint density at radius 2 is 1.53 bits per heavy atom. The summed E-state index contributed by atoms with van der Waals surface area (Å²) < 4.78 is 11.4. The molecule has 0 radical (unpaired) electrons. The summed E-state index contributed by atoms with van der Waals surface area (Å²) in [6.07, 6.45) is -1.53. The molecule has 4 rings (SSSR count). The van der Waals surface area contributed by atoms with Gasteiger partial charge >= 0.3 is 6.16 Å². The van der Waals surface area contributed by atoms with Gasteiger partial charge < -0.3 is 9.47 Å². The number of carbonyl (C=O) groups excluding carboxylic acids is 1. The van der Waals surface area contributed by atoms with Gasteiger partial charge in [-0.05, 0) is 69.7 Å². The van der Waals surface area contributed by atoms with Crippen molar-refractivity contribution in [3.05, 3.63) is 99.5 Å². The molecule has 0 aliphatic heterocycles. The number of halogens is 2. The Morgan fingerprint density at radius 3 is 2.18 bits per heavy atom. The Bertz CT molecular complexity index is 1330. The van der Waals surface area contributed by atoms with E-state index in [-0.39, 0.29) is 0 Å². The van der Waals surface area contributed by atoms with Gasteiger partial charge in [0.1, 0.15) is 5.60 Å². The molecular weight excluding hydrogens is 469 g/mol. The monoisotopic (exact) mass is 493 g/mol. The second-order valence-electron chi connectivity index (χ2n) is 9.14. The zero-order chi connectivity index (χ0) is 24.5. The zero-order valence-corrected chi connectivity index (χ0v) is 20.9. The Balaban J connectivity index is 1.91. The molecule has 0 N–H and O–H groups in total. The van der Waals surface area contributed by atoms with E-state index in [1.54, 1.807) is 39.0 Å². The van der Waals surface area contributed by atoms with E-state index in [1.807, 2.05) is 61.5 Å². The third-order valence-electron chi connectivity index (χ3n) is 5.21. The molecule has 0 spiro atoms. The van der Waals surface area contributed by atoms with Gasteiger partial charge in [-0.15, -0.1) is 0 Å². The molecule has 1 atom stereocenters. The Hall–Kier alpha value is -3.08. The normalized spacial score (nSPS) is 12.4. The maximum Gasteiger partial charge on any atom is 0.509 e. The number of benzene rings is 3. The van der Waals surface area contributed by atoms with E-state index in [9.17, 15) is 4.79 Å². The molecule has 1 heterocycles. The predicted octanol–water partition coefficient (Wildman–Crippen LogP) is 8.56. The first-order chi connectivity index (χ1) is 16.1. The lowest BCUT2D eigenvalue weighted by Crippen LogP contribution is -2.26. The fraction of sp³-hybridized carbons (Fsp3) is 0.214. The lowest BCUT2D eigenvalue weighted by molar-refractivity contribution is -0.0199. The molecule has 0 aliphatic carbocycles. The van der Waals surface area contributed by atoms with Crippen molar-refractivity contribution in [3.8, 4) is 11.3 Å². The molecule has 0 saturated carbocycles. The number of nitrogens with zero attached hydrogens (tertiary/aromatic N) is 1. The molecule has 6 heteroatoms. The third kappa shape index (κ3) is 5.69. The van der Waals surface area contributed by atoms with E-state index in [1.165, 1.54) is 0 Å². The molecule has 4 aromatic rings. The summed E-state index contributed by atoms with van der Waals surface area (Å²) in [5.74, 6) is 0. The fourth-order valence-electron chi connectivity index (χ4n) is 3.63. The average molecular weight is 494 g/mol. The molecule has 1 aromatic heterocycles. The number of hydrogen-bond donors (Lipinski definition) is 0. The molecule has 0 fully saturated rings. The van der Waals surface area contributed by atoms with Gasteiger partial charge in [0.15, 0.2) is 6.10 Å². The van der Waals surface area contributed by atoms with Crippen LogP contribution in [0.4, 0.5) is 4.79 Å². The van der Waals surface area contributed by atoms with Gasteiger partial charge in [-0.3, -0.25) is 0 Å². The molecule has 4 nitrogen and oxygen atoms in total. The van der Waals surface area contributed by atoms with Crippen LogP contribution in [-0.4, -0.2) is 16.7 Å². The van der Waals surface area contributed by atoms with Crippen LogP contribution in [0.2, 0.25) is 10.0 Å². The summed E-state index contributed by atoms with van der Waals surface area (Å²) in [5, 5.41) is 1.93. The molecule has 0 bridgehead atoms. The summed E-state index contributed by atoms with van der Waals surface area (Å²) in [6, 6.07) is 22.7. The number of hydrogen-bond acceptors (Lipinski definition) is 4. The van der Waals surface area contributed by atoms with Crippen LogP contribution >= 0.6 is 23.2 Å². The number of aryl methyl sites for hydroxylation is 1. The number of aromatic nitrogens is 1. The smallest absolute Gasteiger partial charge is 0.429 e. The van der Waals surface area contributed by atoms with Crippen LogP contribution in [0.15, 0.2) is 72.8 Å². The van der Waals surface area contributed by atoms with Crippen LogP contribution < -0.4 is 0 Å². The van der Waals surface area contributed by atoms with Gasteiger partial charge in [-0.2, -0.15) is 0 Å². The molecule has 34 heavy (non-hydrogen) atoms. The third-order valence-corrected chi connectivity index (χ3v) is 5.70. The van der Waals surface area contributed by atoms with Gasteiger partial charge in [0.2, 0.25) is 0 Å². The summed E-state index contributed by atoms with van der Waals surface area (Å²) >= 11 is 12.5.